The monoisotopic (exact) mass is 1140 g/mol. The molecule has 0 atom stereocenters. The van der Waals surface area contributed by atoms with Gasteiger partial charge >= 0.3 is 7.12 Å². The molecule has 0 bridgehead atoms. The maximum Gasteiger partial charge on any atom is 0.491 e. The van der Waals surface area contributed by atoms with E-state index in [2.05, 4.69) is 93.8 Å². The van der Waals surface area contributed by atoms with E-state index in [1.54, 1.807) is 92.4 Å². The molecule has 388 valence electrons. The highest BCUT2D eigenvalue weighted by Crippen LogP contribution is 2.38. The second kappa shape index (κ2) is 27.8. The minimum atomic E-state index is -1.54. The van der Waals surface area contributed by atoms with Crippen LogP contribution < -0.4 is 10.2 Å². The van der Waals surface area contributed by atoms with Crippen LogP contribution in [-0.2, 0) is 0 Å². The Hall–Kier alpha value is -9.16. The summed E-state index contributed by atoms with van der Waals surface area (Å²) in [4.78, 5) is 64.0. The Morgan fingerprint density at radius 3 is 1.57 bits per heavy atom. The largest absolute Gasteiger partial charge is 0.494 e. The normalized spacial score (nSPS) is 10.3. The molecule has 0 unspecified atom stereocenters. The Bertz CT molecular complexity index is 3950. The van der Waals surface area contributed by atoms with Crippen molar-refractivity contribution in [1.29, 1.82) is 0 Å². The zero-order valence-electron chi connectivity index (χ0n) is 41.8. The Kier molecular flexibility index (Phi) is 19.7. The minimum Gasteiger partial charge on any atom is -0.494 e. The van der Waals surface area contributed by atoms with Gasteiger partial charge in [-0.25, -0.2) is 24.9 Å². The maximum absolute atomic E-state index is 11.8. The fourth-order valence-electron chi connectivity index (χ4n) is 7.87. The van der Waals surface area contributed by atoms with E-state index in [1.807, 2.05) is 85.2 Å². The average molecular weight is 1150 g/mol. The molecule has 79 heavy (non-hydrogen) atoms. The van der Waals surface area contributed by atoms with Crippen molar-refractivity contribution in [3.05, 3.63) is 263 Å². The van der Waals surface area contributed by atoms with Gasteiger partial charge in [0.1, 0.15) is 37.6 Å². The van der Waals surface area contributed by atoms with E-state index in [0.29, 0.717) is 37.9 Å². The molecule has 18 heteroatoms. The highest BCUT2D eigenvalue weighted by Gasteiger charge is 2.22. The third kappa shape index (κ3) is 13.9. The molecule has 0 saturated heterocycles. The van der Waals surface area contributed by atoms with Gasteiger partial charge in [0.05, 0.1) is 24.0 Å². The third-order valence-corrected chi connectivity index (χ3v) is 12.8. The van der Waals surface area contributed by atoms with Crippen LogP contribution in [0.25, 0.3) is 61.4 Å². The average Bonchev–Trinajstić information content (AvgIpc) is 4.13. The lowest BCUT2D eigenvalue weighted by Gasteiger charge is -2.10. The second-order valence-electron chi connectivity index (χ2n) is 16.5. The Morgan fingerprint density at radius 1 is 0.532 bits per heavy atom. The van der Waals surface area contributed by atoms with E-state index < -0.39 is 18.7 Å². The smallest absolute Gasteiger partial charge is 0.491 e. The van der Waals surface area contributed by atoms with Gasteiger partial charge in [-0.15, -0.1) is 0 Å². The number of hydrogen-bond acceptors (Lipinski definition) is 13. The van der Waals surface area contributed by atoms with E-state index in [9.17, 15) is 14.4 Å². The molecule has 8 heterocycles. The van der Waals surface area contributed by atoms with Crippen LogP contribution in [0.3, 0.4) is 0 Å². The molecule has 12 rings (SSSR count). The molecule has 2 N–H and O–H groups in total. The van der Waals surface area contributed by atoms with Crippen molar-refractivity contribution < 1.29 is 29.2 Å². The fraction of sp³-hybridized carbons (Fsp3) is 0.0164. The summed E-state index contributed by atoms with van der Waals surface area (Å²) in [6.07, 6.45) is 10.8. The molecule has 8 aromatic heterocycles. The van der Waals surface area contributed by atoms with Gasteiger partial charge < -0.3 is 14.8 Å². The predicted molar refractivity (Wildman–Crippen MR) is 314 cm³/mol. The number of benzene rings is 4. The first-order valence-corrected chi connectivity index (χ1v) is 25.6. The lowest BCUT2D eigenvalue weighted by Crippen LogP contribution is -2.31. The van der Waals surface area contributed by atoms with E-state index in [4.69, 9.17) is 48.0 Å². The Morgan fingerprint density at radius 2 is 1.03 bits per heavy atom. The topological polar surface area (TPSA) is 196 Å². The molecule has 0 amide bonds. The van der Waals surface area contributed by atoms with E-state index in [1.165, 1.54) is 12.3 Å². The number of rotatable bonds is 9. The van der Waals surface area contributed by atoms with Crippen molar-refractivity contribution >= 4 is 97.1 Å². The Labute approximate surface area is 472 Å². The number of ketones is 2. The molecular formula is C61H44BBrCl2N8O6. The van der Waals surface area contributed by atoms with Gasteiger partial charge in [0.25, 0.3) is 0 Å². The van der Waals surface area contributed by atoms with Crippen molar-refractivity contribution in [3.63, 3.8) is 0 Å². The predicted octanol–water partition coefficient (Wildman–Crippen LogP) is 12.4. The molecule has 0 saturated carbocycles. The van der Waals surface area contributed by atoms with Crippen LogP contribution in [0.4, 0.5) is 0 Å². The maximum atomic E-state index is 11.8. The summed E-state index contributed by atoms with van der Waals surface area (Å²) in [5.41, 5.74) is 9.97. The molecule has 12 aromatic rings. The van der Waals surface area contributed by atoms with E-state index in [0.717, 1.165) is 61.9 Å². The number of hydrogen-bond donors (Lipinski definition) is 2. The number of carbonyl (C=O) groups is 3. The van der Waals surface area contributed by atoms with E-state index >= 15 is 0 Å². The molecule has 0 aliphatic carbocycles. The standard InChI is InChI=1S/C25H16N4.C14H10O2.C11H9ClN2O.C6H4BrNO.C5H5BClNO2/c1-3-9-17(10-4-1)21-23(18-11-5-2-6-12-18)29-24-19(13-8-16-27-24)22-20(25(29)28-21)14-7-15-26-22;15-13(11-7-3-1-4-8-11)14(16)12-9-5-2-6-10-12;1-15-9-5-3-6-13-10(9)8-4-2-7-14-11(8)12;7-6-5(4-9)2-1-3-8-6;7-5-4(6(9)10)2-1-3-8-5/h1-16H;1-10H;2-7H,1H3;1-4H;1-3,9-10H. The van der Waals surface area contributed by atoms with Gasteiger partial charge in [-0.3, -0.25) is 28.8 Å². The summed E-state index contributed by atoms with van der Waals surface area (Å²) < 4.78 is 7.98. The number of nitrogens with zero attached hydrogens (tertiary/aromatic N) is 8. The van der Waals surface area contributed by atoms with Crippen LogP contribution in [0.1, 0.15) is 31.1 Å². The first kappa shape index (κ1) is 56.1. The number of aromatic nitrogens is 8. The summed E-state index contributed by atoms with van der Waals surface area (Å²) in [6, 6.07) is 59.8. The number of aldehydes is 1. The van der Waals surface area contributed by atoms with Crippen molar-refractivity contribution in [3.8, 4) is 39.5 Å². The van der Waals surface area contributed by atoms with Gasteiger partial charge in [-0.1, -0.05) is 151 Å². The zero-order valence-corrected chi connectivity index (χ0v) is 44.9. The molecule has 4 aromatic carbocycles. The van der Waals surface area contributed by atoms with Crippen LogP contribution in [0.5, 0.6) is 5.75 Å². The van der Waals surface area contributed by atoms with Gasteiger partial charge in [0.2, 0.25) is 11.6 Å². The number of fused-ring (bicyclic) bond motifs is 6. The molecule has 0 aliphatic heterocycles. The number of methoxy groups -OCH3 is 1. The van der Waals surface area contributed by atoms with Crippen LogP contribution in [-0.4, -0.2) is 81.4 Å². The molecule has 0 radical (unpaired) electrons. The van der Waals surface area contributed by atoms with Crippen LogP contribution in [0.2, 0.25) is 10.3 Å². The van der Waals surface area contributed by atoms with Crippen molar-refractivity contribution in [2.45, 2.75) is 0 Å². The lowest BCUT2D eigenvalue weighted by atomic mass is 9.82. The highest BCUT2D eigenvalue weighted by molar-refractivity contribution is 9.10. The lowest BCUT2D eigenvalue weighted by molar-refractivity contribution is 0.0817. The number of pyridine rings is 7. The van der Waals surface area contributed by atoms with Gasteiger partial charge in [-0.2, -0.15) is 0 Å². The number of Topliss-reactive ketones (excluding diaryl/α,β-unsaturated/α-hetero) is 2. The van der Waals surface area contributed by atoms with Gasteiger partial charge in [0.15, 0.2) is 6.29 Å². The SMILES string of the molecule is COc1cccnc1-c1cccnc1Cl.O=C(C(=O)c1ccccc1)c1ccccc1.O=Cc1cccnc1Br.OB(O)c1cccnc1Cl.c1ccc(-c2nc3c4cccnc4c4cccnc4n3c2-c2ccccc2)cc1. The second-order valence-corrected chi connectivity index (χ2v) is 18.0. The van der Waals surface area contributed by atoms with Crippen molar-refractivity contribution in [1.82, 2.24) is 39.3 Å². The molecule has 14 nitrogen and oxygen atoms in total. The summed E-state index contributed by atoms with van der Waals surface area (Å²) in [7, 11) is 0.0614. The number of carbonyl (C=O) groups excluding carboxylic acids is 3. The van der Waals surface area contributed by atoms with Gasteiger partial charge in [0, 0.05) is 86.8 Å². The molecule has 0 spiro atoms. The summed E-state index contributed by atoms with van der Waals surface area (Å²) >= 11 is 14.6. The summed E-state index contributed by atoms with van der Waals surface area (Å²) in [5.74, 6) is -0.244. The van der Waals surface area contributed by atoms with Crippen LogP contribution >= 0.6 is 39.1 Å². The molecule has 0 fully saturated rings. The zero-order chi connectivity index (χ0) is 55.5. The Balaban J connectivity index is 0.000000141. The minimum absolute atomic E-state index is 0.123. The number of ether oxygens (including phenoxy) is 1. The molecule has 0 aliphatic rings. The summed E-state index contributed by atoms with van der Waals surface area (Å²) in [6.45, 7) is 0. The van der Waals surface area contributed by atoms with Gasteiger partial charge in [-0.05, 0) is 82.7 Å². The first-order valence-electron chi connectivity index (χ1n) is 24.1. The van der Waals surface area contributed by atoms with Crippen molar-refractivity contribution in [2.24, 2.45) is 0 Å². The van der Waals surface area contributed by atoms with Crippen LogP contribution in [0, 0.1) is 0 Å². The quantitative estimate of drug-likeness (QED) is 0.0346. The van der Waals surface area contributed by atoms with E-state index in [-0.39, 0.29) is 10.6 Å². The fourth-order valence-corrected chi connectivity index (χ4v) is 8.64. The first-order chi connectivity index (χ1) is 38.6. The number of halogens is 3. The van der Waals surface area contributed by atoms with Crippen LogP contribution in [0.15, 0.2) is 236 Å². The molecular weight excluding hydrogens is 1100 g/mol. The van der Waals surface area contributed by atoms with Crippen molar-refractivity contribution in [2.75, 3.05) is 7.11 Å². The number of imidazole rings is 1. The third-order valence-electron chi connectivity index (χ3n) is 11.5. The highest BCUT2D eigenvalue weighted by atomic mass is 79.9. The summed E-state index contributed by atoms with van der Waals surface area (Å²) in [5, 5.41) is 19.9.